The van der Waals surface area contributed by atoms with Crippen molar-refractivity contribution in [2.24, 2.45) is 0 Å². The third kappa shape index (κ3) is 3.77. The number of ether oxygens (including phenoxy) is 3. The lowest BCUT2D eigenvalue weighted by Gasteiger charge is -2.26. The average Bonchev–Trinajstić information content (AvgIpc) is 2.85. The van der Waals surface area contributed by atoms with Crippen molar-refractivity contribution < 1.29 is 32.2 Å². The second-order valence-corrected chi connectivity index (χ2v) is 5.83. The van der Waals surface area contributed by atoms with Crippen LogP contribution in [0.4, 0.5) is 13.2 Å². The Morgan fingerprint density at radius 3 is 2.17 bits per heavy atom. The summed E-state index contributed by atoms with van der Waals surface area (Å²) in [6.45, 7) is -1.29. The van der Waals surface area contributed by atoms with Gasteiger partial charge in [0.2, 0.25) is 11.7 Å². The molecule has 1 aromatic carbocycles. The number of halogens is 3. The first-order chi connectivity index (χ1) is 10.8. The van der Waals surface area contributed by atoms with E-state index in [1.165, 1.54) is 21.3 Å². The van der Waals surface area contributed by atoms with Gasteiger partial charge in [-0.1, -0.05) is 0 Å². The number of carbonyl (C=O) groups excluding carboxylic acids is 1. The Labute approximate surface area is 135 Å². The molecule has 0 radical (unpaired) electrons. The van der Waals surface area contributed by atoms with Crippen LogP contribution in [-0.4, -0.2) is 50.6 Å². The molecule has 0 saturated carbocycles. The van der Waals surface area contributed by atoms with Gasteiger partial charge in [-0.05, 0) is 17.7 Å². The largest absolute Gasteiger partial charge is 0.493 e. The fraction of sp³-hybridized carbons (Fsp3) is 0.500. The van der Waals surface area contributed by atoms with Crippen molar-refractivity contribution in [3.05, 3.63) is 17.7 Å². The summed E-state index contributed by atoms with van der Waals surface area (Å²) in [6.07, 6.45) is -4.46. The minimum atomic E-state index is -4.46. The first-order valence-electron chi connectivity index (χ1n) is 6.58. The number of hydrogen-bond acceptors (Lipinski definition) is 5. The molecule has 2 rings (SSSR count). The second-order valence-electron chi connectivity index (χ2n) is 4.76. The Morgan fingerprint density at radius 2 is 1.74 bits per heavy atom. The van der Waals surface area contributed by atoms with Crippen LogP contribution in [0.25, 0.3) is 0 Å². The van der Waals surface area contributed by atoms with Gasteiger partial charge >= 0.3 is 6.18 Å². The van der Waals surface area contributed by atoms with Gasteiger partial charge in [0.25, 0.3) is 0 Å². The second kappa shape index (κ2) is 6.77. The third-order valence-corrected chi connectivity index (χ3v) is 4.55. The molecule has 1 unspecified atom stereocenters. The van der Waals surface area contributed by atoms with Gasteiger partial charge in [0, 0.05) is 0 Å². The zero-order valence-electron chi connectivity index (χ0n) is 12.8. The van der Waals surface area contributed by atoms with Gasteiger partial charge in [-0.3, -0.25) is 4.79 Å². The molecule has 1 fully saturated rings. The molecule has 5 nitrogen and oxygen atoms in total. The molecule has 1 saturated heterocycles. The summed E-state index contributed by atoms with van der Waals surface area (Å²) in [5, 5.41) is -0.752. The molecule has 1 aromatic rings. The smallest absolute Gasteiger partial charge is 0.406 e. The van der Waals surface area contributed by atoms with Gasteiger partial charge in [0.05, 0.1) is 27.1 Å². The summed E-state index contributed by atoms with van der Waals surface area (Å²) < 4.78 is 53.7. The van der Waals surface area contributed by atoms with E-state index in [1.54, 1.807) is 12.1 Å². The van der Waals surface area contributed by atoms with Crippen LogP contribution in [0, 0.1) is 0 Å². The van der Waals surface area contributed by atoms with E-state index in [-0.39, 0.29) is 5.75 Å². The number of methoxy groups -OCH3 is 3. The first kappa shape index (κ1) is 17.6. The van der Waals surface area contributed by atoms with E-state index in [9.17, 15) is 18.0 Å². The van der Waals surface area contributed by atoms with Crippen molar-refractivity contribution in [2.75, 3.05) is 33.6 Å². The molecule has 1 aliphatic rings. The van der Waals surface area contributed by atoms with Gasteiger partial charge in [0.1, 0.15) is 11.9 Å². The Hall–Kier alpha value is -1.77. The van der Waals surface area contributed by atoms with E-state index in [0.29, 0.717) is 22.8 Å². The van der Waals surface area contributed by atoms with Crippen molar-refractivity contribution in [3.63, 3.8) is 0 Å². The highest BCUT2D eigenvalue weighted by Gasteiger charge is 2.41. The Bertz CT molecular complexity index is 569. The lowest BCUT2D eigenvalue weighted by Crippen LogP contribution is -2.37. The third-order valence-electron chi connectivity index (χ3n) is 3.29. The quantitative estimate of drug-likeness (QED) is 0.816. The number of thioether (sulfide) groups is 1. The van der Waals surface area contributed by atoms with E-state index < -0.39 is 24.0 Å². The van der Waals surface area contributed by atoms with Gasteiger partial charge in [-0.25, -0.2) is 0 Å². The molecule has 0 spiro atoms. The molecular formula is C14H16F3NO4S. The van der Waals surface area contributed by atoms with Crippen LogP contribution in [-0.2, 0) is 4.79 Å². The lowest BCUT2D eigenvalue weighted by atomic mass is 10.1. The van der Waals surface area contributed by atoms with Crippen molar-refractivity contribution in [2.45, 2.75) is 11.6 Å². The summed E-state index contributed by atoms with van der Waals surface area (Å²) in [6, 6.07) is 3.11. The average molecular weight is 351 g/mol. The fourth-order valence-corrected chi connectivity index (χ4v) is 3.51. The molecule has 128 valence electrons. The van der Waals surface area contributed by atoms with Crippen LogP contribution >= 0.6 is 11.8 Å². The SMILES string of the molecule is COc1cc(C2SCC(=O)N2CC(F)(F)F)cc(OC)c1OC. The van der Waals surface area contributed by atoms with Gasteiger partial charge in [0.15, 0.2) is 11.5 Å². The summed E-state index contributed by atoms with van der Waals surface area (Å²) in [4.78, 5) is 12.6. The van der Waals surface area contributed by atoms with Crippen LogP contribution in [0.1, 0.15) is 10.9 Å². The fourth-order valence-electron chi connectivity index (χ4n) is 2.34. The number of benzene rings is 1. The van der Waals surface area contributed by atoms with Crippen molar-refractivity contribution in [1.29, 1.82) is 0 Å². The maximum atomic E-state index is 12.7. The molecule has 0 bridgehead atoms. The highest BCUT2D eigenvalue weighted by molar-refractivity contribution is 8.00. The molecule has 0 aromatic heterocycles. The Balaban J connectivity index is 2.41. The highest BCUT2D eigenvalue weighted by atomic mass is 32.2. The Morgan fingerprint density at radius 1 is 1.17 bits per heavy atom. The number of nitrogens with zero attached hydrogens (tertiary/aromatic N) is 1. The number of hydrogen-bond donors (Lipinski definition) is 0. The van der Waals surface area contributed by atoms with Crippen molar-refractivity contribution in [3.8, 4) is 17.2 Å². The molecule has 0 aliphatic carbocycles. The minimum Gasteiger partial charge on any atom is -0.493 e. The minimum absolute atomic E-state index is 0.00257. The summed E-state index contributed by atoms with van der Waals surface area (Å²) in [5.74, 6) is 0.446. The molecule has 1 atom stereocenters. The standard InChI is InChI=1S/C14H16F3NO4S/c1-20-9-4-8(5-10(21-2)12(9)22-3)13-18(7-14(15,16)17)11(19)6-23-13/h4-5,13H,6-7H2,1-3H3. The molecule has 0 N–H and O–H groups in total. The topological polar surface area (TPSA) is 48.0 Å². The predicted molar refractivity (Wildman–Crippen MR) is 79.1 cm³/mol. The number of carbonyl (C=O) groups is 1. The van der Waals surface area contributed by atoms with Crippen LogP contribution in [0.2, 0.25) is 0 Å². The first-order valence-corrected chi connectivity index (χ1v) is 7.63. The molecule has 1 heterocycles. The van der Waals surface area contributed by atoms with Gasteiger partial charge in [-0.2, -0.15) is 13.2 Å². The zero-order chi connectivity index (χ0) is 17.2. The molecular weight excluding hydrogens is 335 g/mol. The van der Waals surface area contributed by atoms with E-state index in [4.69, 9.17) is 14.2 Å². The van der Waals surface area contributed by atoms with Crippen LogP contribution < -0.4 is 14.2 Å². The van der Waals surface area contributed by atoms with E-state index in [2.05, 4.69) is 0 Å². The predicted octanol–water partition coefficient (Wildman–Crippen LogP) is 2.85. The zero-order valence-corrected chi connectivity index (χ0v) is 13.6. The molecule has 1 amide bonds. The van der Waals surface area contributed by atoms with E-state index in [1.807, 2.05) is 0 Å². The van der Waals surface area contributed by atoms with Crippen molar-refractivity contribution in [1.82, 2.24) is 4.90 Å². The van der Waals surface area contributed by atoms with Gasteiger partial charge < -0.3 is 19.1 Å². The maximum absolute atomic E-state index is 12.7. The van der Waals surface area contributed by atoms with E-state index >= 15 is 0 Å². The van der Waals surface area contributed by atoms with Gasteiger partial charge in [-0.15, -0.1) is 11.8 Å². The van der Waals surface area contributed by atoms with Crippen LogP contribution in [0.5, 0.6) is 17.2 Å². The number of rotatable bonds is 5. The normalized spacial score (nSPS) is 18.3. The van der Waals surface area contributed by atoms with Crippen molar-refractivity contribution >= 4 is 17.7 Å². The monoisotopic (exact) mass is 351 g/mol. The summed E-state index contributed by atoms with van der Waals surface area (Å²) in [7, 11) is 4.27. The number of alkyl halides is 3. The van der Waals surface area contributed by atoms with Crippen LogP contribution in [0.3, 0.4) is 0 Å². The maximum Gasteiger partial charge on any atom is 0.406 e. The molecule has 1 aliphatic heterocycles. The summed E-state index contributed by atoms with van der Waals surface area (Å²) in [5.41, 5.74) is 0.486. The molecule has 23 heavy (non-hydrogen) atoms. The summed E-state index contributed by atoms with van der Waals surface area (Å²) >= 11 is 1.13. The van der Waals surface area contributed by atoms with Crippen LogP contribution in [0.15, 0.2) is 12.1 Å². The highest BCUT2D eigenvalue weighted by Crippen LogP contribution is 2.46. The lowest BCUT2D eigenvalue weighted by molar-refractivity contribution is -0.159. The molecule has 9 heteroatoms. The Kier molecular flexibility index (Phi) is 5.18. The van der Waals surface area contributed by atoms with E-state index in [0.717, 1.165) is 16.7 Å². The number of amides is 1.